The summed E-state index contributed by atoms with van der Waals surface area (Å²) >= 11 is 0. The highest BCUT2D eigenvalue weighted by atomic mass is 16.6. The zero-order valence-electron chi connectivity index (χ0n) is 11.8. The molecule has 2 rings (SSSR count). The number of rotatable bonds is 3. The van der Waals surface area contributed by atoms with Crippen LogP contribution in [0.15, 0.2) is 42.2 Å². The summed E-state index contributed by atoms with van der Waals surface area (Å²) in [6, 6.07) is 9.64. The van der Waals surface area contributed by atoms with Crippen LogP contribution in [0.25, 0.3) is 0 Å². The van der Waals surface area contributed by atoms with Crippen molar-refractivity contribution in [2.24, 2.45) is 11.8 Å². The van der Waals surface area contributed by atoms with E-state index in [9.17, 15) is 9.59 Å². The lowest BCUT2D eigenvalue weighted by Gasteiger charge is -2.30. The summed E-state index contributed by atoms with van der Waals surface area (Å²) in [7, 11) is 1.27. The molecular weight excluding hydrogens is 256 g/mol. The van der Waals surface area contributed by atoms with Crippen LogP contribution in [0.2, 0.25) is 0 Å². The maximum absolute atomic E-state index is 12.2. The molecule has 1 aromatic carbocycles. The monoisotopic (exact) mass is 274 g/mol. The van der Waals surface area contributed by atoms with Crippen LogP contribution in [0.3, 0.4) is 0 Å². The average molecular weight is 274 g/mol. The van der Waals surface area contributed by atoms with Gasteiger partial charge in [-0.1, -0.05) is 44.2 Å². The molecule has 2 atom stereocenters. The second-order valence-electron chi connectivity index (χ2n) is 5.15. The number of ether oxygens (including phenoxy) is 2. The van der Waals surface area contributed by atoms with Crippen molar-refractivity contribution in [3.05, 3.63) is 47.7 Å². The summed E-state index contributed by atoms with van der Waals surface area (Å²) in [6.45, 7) is 3.94. The number of cyclic esters (lactones) is 1. The Morgan fingerprint density at radius 2 is 1.90 bits per heavy atom. The summed E-state index contributed by atoms with van der Waals surface area (Å²) in [6.07, 6.45) is 1.69. The number of methoxy groups -OCH3 is 1. The Bertz CT molecular complexity index is 531. The van der Waals surface area contributed by atoms with Gasteiger partial charge in [-0.25, -0.2) is 4.79 Å². The zero-order valence-corrected chi connectivity index (χ0v) is 11.8. The number of esters is 2. The van der Waals surface area contributed by atoms with E-state index in [1.165, 1.54) is 7.11 Å². The largest absolute Gasteiger partial charge is 0.463 e. The molecule has 0 bridgehead atoms. The van der Waals surface area contributed by atoms with Gasteiger partial charge >= 0.3 is 11.9 Å². The van der Waals surface area contributed by atoms with Crippen molar-refractivity contribution in [3.8, 4) is 0 Å². The van der Waals surface area contributed by atoms with Crippen molar-refractivity contribution in [1.29, 1.82) is 0 Å². The first kappa shape index (κ1) is 14.3. The summed E-state index contributed by atoms with van der Waals surface area (Å²) in [5, 5.41) is 0. The number of hydrogen-bond acceptors (Lipinski definition) is 4. The van der Waals surface area contributed by atoms with Crippen LogP contribution < -0.4 is 0 Å². The van der Waals surface area contributed by atoms with Crippen LogP contribution in [0.1, 0.15) is 25.3 Å². The van der Waals surface area contributed by atoms with E-state index in [0.29, 0.717) is 0 Å². The molecule has 0 aliphatic carbocycles. The molecule has 0 spiro atoms. The first-order valence-electron chi connectivity index (χ1n) is 6.61. The van der Waals surface area contributed by atoms with Crippen LogP contribution >= 0.6 is 0 Å². The SMILES string of the molecule is COC(=O)C1=C[C@H](c2ccccc2)[C@@H](C(C)C)C(=O)O1. The Balaban J connectivity index is 2.45. The maximum Gasteiger partial charge on any atom is 0.373 e. The lowest BCUT2D eigenvalue weighted by atomic mass is 9.78. The predicted molar refractivity (Wildman–Crippen MR) is 73.7 cm³/mol. The van der Waals surface area contributed by atoms with E-state index >= 15 is 0 Å². The highest BCUT2D eigenvalue weighted by Crippen LogP contribution is 2.37. The van der Waals surface area contributed by atoms with Gasteiger partial charge in [0.15, 0.2) is 0 Å². The Morgan fingerprint density at radius 3 is 2.45 bits per heavy atom. The van der Waals surface area contributed by atoms with Gasteiger partial charge in [-0.3, -0.25) is 4.79 Å². The summed E-state index contributed by atoms with van der Waals surface area (Å²) in [5.41, 5.74) is 0.990. The third kappa shape index (κ3) is 2.74. The van der Waals surface area contributed by atoms with E-state index in [-0.39, 0.29) is 29.5 Å². The fourth-order valence-corrected chi connectivity index (χ4v) is 2.50. The smallest absolute Gasteiger partial charge is 0.373 e. The minimum Gasteiger partial charge on any atom is -0.463 e. The van der Waals surface area contributed by atoms with Crippen LogP contribution in [-0.4, -0.2) is 19.0 Å². The molecule has 1 aliphatic heterocycles. The van der Waals surface area contributed by atoms with Crippen molar-refractivity contribution in [2.75, 3.05) is 7.11 Å². The molecule has 0 fully saturated rings. The quantitative estimate of drug-likeness (QED) is 0.795. The molecule has 20 heavy (non-hydrogen) atoms. The van der Waals surface area contributed by atoms with E-state index in [1.807, 2.05) is 44.2 Å². The van der Waals surface area contributed by atoms with Gasteiger partial charge in [0.1, 0.15) is 0 Å². The number of hydrogen-bond donors (Lipinski definition) is 0. The molecule has 4 nitrogen and oxygen atoms in total. The van der Waals surface area contributed by atoms with E-state index in [2.05, 4.69) is 4.74 Å². The number of benzene rings is 1. The van der Waals surface area contributed by atoms with Crippen molar-refractivity contribution in [1.82, 2.24) is 0 Å². The molecule has 106 valence electrons. The average Bonchev–Trinajstić information content (AvgIpc) is 2.46. The molecule has 0 saturated carbocycles. The van der Waals surface area contributed by atoms with E-state index in [0.717, 1.165) is 5.56 Å². The minimum absolute atomic E-state index is 0.0248. The third-order valence-corrected chi connectivity index (χ3v) is 3.49. The van der Waals surface area contributed by atoms with Gasteiger partial charge in [-0.15, -0.1) is 0 Å². The summed E-state index contributed by atoms with van der Waals surface area (Å²) in [4.78, 5) is 23.8. The predicted octanol–water partition coefficient (Wildman–Crippen LogP) is 2.66. The topological polar surface area (TPSA) is 52.6 Å². The van der Waals surface area contributed by atoms with Crippen LogP contribution in [0.4, 0.5) is 0 Å². The number of allylic oxidation sites excluding steroid dienone is 1. The molecule has 0 radical (unpaired) electrons. The second kappa shape index (κ2) is 5.90. The third-order valence-electron chi connectivity index (χ3n) is 3.49. The lowest BCUT2D eigenvalue weighted by Crippen LogP contribution is -2.33. The highest BCUT2D eigenvalue weighted by Gasteiger charge is 2.38. The zero-order chi connectivity index (χ0) is 14.7. The Labute approximate surface area is 118 Å². The van der Waals surface area contributed by atoms with E-state index < -0.39 is 5.97 Å². The van der Waals surface area contributed by atoms with E-state index in [4.69, 9.17) is 4.74 Å². The number of carbonyl (C=O) groups excluding carboxylic acids is 2. The molecule has 1 heterocycles. The second-order valence-corrected chi connectivity index (χ2v) is 5.15. The van der Waals surface area contributed by atoms with Gasteiger partial charge in [0.25, 0.3) is 0 Å². The standard InChI is InChI=1S/C16H18O4/c1-10(2)14-12(11-7-5-4-6-8-11)9-13(15(17)19-3)20-16(14)18/h4-10,12,14H,1-3H3/t12-,14-/m1/s1. The van der Waals surface area contributed by atoms with E-state index in [1.54, 1.807) is 6.08 Å². The first-order chi connectivity index (χ1) is 9.54. The maximum atomic E-state index is 12.2. The van der Waals surface area contributed by atoms with Crippen molar-refractivity contribution in [3.63, 3.8) is 0 Å². The normalized spacial score (nSPS) is 22.2. The Kier molecular flexibility index (Phi) is 4.23. The van der Waals surface area contributed by atoms with Gasteiger partial charge in [0, 0.05) is 5.92 Å². The highest BCUT2D eigenvalue weighted by molar-refractivity contribution is 5.92. The van der Waals surface area contributed by atoms with Crippen LogP contribution in [0, 0.1) is 11.8 Å². The van der Waals surface area contributed by atoms with Gasteiger partial charge in [0.05, 0.1) is 13.0 Å². The fraction of sp³-hybridized carbons (Fsp3) is 0.375. The molecule has 1 aliphatic rings. The van der Waals surface area contributed by atoms with Gasteiger partial charge in [0.2, 0.25) is 5.76 Å². The van der Waals surface area contributed by atoms with Crippen molar-refractivity contribution < 1.29 is 19.1 Å². The number of carbonyl (C=O) groups is 2. The van der Waals surface area contributed by atoms with Crippen molar-refractivity contribution >= 4 is 11.9 Å². The molecular formula is C16H18O4. The minimum atomic E-state index is -0.624. The van der Waals surface area contributed by atoms with Crippen LogP contribution in [0.5, 0.6) is 0 Å². The Hall–Kier alpha value is -2.10. The molecule has 0 amide bonds. The van der Waals surface area contributed by atoms with Gasteiger partial charge in [-0.05, 0) is 17.6 Å². The van der Waals surface area contributed by atoms with Crippen LogP contribution in [-0.2, 0) is 19.1 Å². The summed E-state index contributed by atoms with van der Waals surface area (Å²) in [5.74, 6) is -1.39. The molecule has 0 unspecified atom stereocenters. The lowest BCUT2D eigenvalue weighted by molar-refractivity contribution is -0.155. The molecule has 4 heteroatoms. The van der Waals surface area contributed by atoms with Gasteiger partial charge < -0.3 is 9.47 Å². The molecule has 1 aromatic rings. The van der Waals surface area contributed by atoms with Crippen molar-refractivity contribution in [2.45, 2.75) is 19.8 Å². The summed E-state index contributed by atoms with van der Waals surface area (Å²) < 4.78 is 9.75. The first-order valence-corrected chi connectivity index (χ1v) is 6.61. The molecule has 0 saturated heterocycles. The Morgan fingerprint density at radius 1 is 1.25 bits per heavy atom. The molecule has 0 N–H and O–H groups in total. The van der Waals surface area contributed by atoms with Gasteiger partial charge in [-0.2, -0.15) is 0 Å². The fourth-order valence-electron chi connectivity index (χ4n) is 2.50. The molecule has 0 aromatic heterocycles.